The molecule has 1 aromatic heterocycles. The Labute approximate surface area is 218 Å². The van der Waals surface area contributed by atoms with Gasteiger partial charge in [-0.3, -0.25) is 4.79 Å². The van der Waals surface area contributed by atoms with Crippen LogP contribution in [0.2, 0.25) is 5.02 Å². The van der Waals surface area contributed by atoms with Crippen LogP contribution in [0, 0.1) is 20.8 Å². The van der Waals surface area contributed by atoms with Crippen LogP contribution in [0.1, 0.15) is 53.9 Å². The molecule has 1 amide bonds. The number of imidazole rings is 1. The molecule has 1 atom stereocenters. The Balaban J connectivity index is 1.39. The first kappa shape index (κ1) is 25.8. The van der Waals surface area contributed by atoms with Gasteiger partial charge >= 0.3 is 0 Å². The van der Waals surface area contributed by atoms with E-state index in [0.29, 0.717) is 13.0 Å². The Morgan fingerprint density at radius 2 is 1.69 bits per heavy atom. The van der Waals surface area contributed by atoms with Crippen molar-refractivity contribution in [2.75, 3.05) is 6.61 Å². The minimum absolute atomic E-state index is 0.00245. The number of fused-ring (bicyclic) bond motifs is 1. The minimum Gasteiger partial charge on any atom is -0.494 e. The molecule has 6 heteroatoms. The Bertz CT molecular complexity index is 1340. The van der Waals surface area contributed by atoms with Crippen LogP contribution in [0.15, 0.2) is 60.7 Å². The first-order chi connectivity index (χ1) is 17.3. The highest BCUT2D eigenvalue weighted by Gasteiger charge is 2.18. The number of nitrogens with zero attached hydrogens (tertiary/aromatic N) is 2. The molecule has 0 aliphatic heterocycles. The highest BCUT2D eigenvalue weighted by Crippen LogP contribution is 2.26. The molecule has 0 spiro atoms. The number of ether oxygens (including phenoxy) is 1. The molecule has 188 valence electrons. The number of benzene rings is 3. The number of nitrogens with one attached hydrogen (secondary N) is 1. The molecule has 4 aromatic rings. The van der Waals surface area contributed by atoms with E-state index in [4.69, 9.17) is 21.3 Å². The summed E-state index contributed by atoms with van der Waals surface area (Å²) in [5.41, 5.74) is 6.24. The third-order valence-electron chi connectivity index (χ3n) is 6.52. The number of unbranched alkanes of at least 4 members (excludes halogenated alkanes) is 1. The number of hydrogen-bond donors (Lipinski definition) is 1. The molecule has 0 bridgehead atoms. The van der Waals surface area contributed by atoms with Gasteiger partial charge in [0.2, 0.25) is 5.91 Å². The molecule has 1 unspecified atom stereocenters. The summed E-state index contributed by atoms with van der Waals surface area (Å²) in [7, 11) is 0. The quantitative estimate of drug-likeness (QED) is 0.240. The van der Waals surface area contributed by atoms with Crippen LogP contribution in [0.3, 0.4) is 0 Å². The van der Waals surface area contributed by atoms with Crippen LogP contribution in [-0.2, 0) is 17.8 Å². The summed E-state index contributed by atoms with van der Waals surface area (Å²) in [4.78, 5) is 17.7. The smallest absolute Gasteiger partial charge is 0.225 e. The summed E-state index contributed by atoms with van der Waals surface area (Å²) < 4.78 is 8.21. The van der Waals surface area contributed by atoms with E-state index in [9.17, 15) is 4.79 Å². The van der Waals surface area contributed by atoms with Crippen molar-refractivity contribution in [3.8, 4) is 5.75 Å². The summed E-state index contributed by atoms with van der Waals surface area (Å²) in [6.07, 6.45) is 2.20. The highest BCUT2D eigenvalue weighted by molar-refractivity contribution is 6.32. The van der Waals surface area contributed by atoms with Crippen molar-refractivity contribution in [2.24, 2.45) is 0 Å². The van der Waals surface area contributed by atoms with Crippen LogP contribution in [0.4, 0.5) is 0 Å². The van der Waals surface area contributed by atoms with Crippen molar-refractivity contribution in [3.63, 3.8) is 0 Å². The first-order valence-electron chi connectivity index (χ1n) is 12.5. The van der Waals surface area contributed by atoms with E-state index in [1.165, 1.54) is 0 Å². The van der Waals surface area contributed by atoms with Crippen LogP contribution >= 0.6 is 11.6 Å². The Kier molecular flexibility index (Phi) is 8.32. The van der Waals surface area contributed by atoms with Crippen molar-refractivity contribution >= 4 is 28.5 Å². The molecule has 5 nitrogen and oxygen atoms in total. The molecule has 0 saturated heterocycles. The van der Waals surface area contributed by atoms with Crippen LogP contribution in [-0.4, -0.2) is 22.1 Å². The topological polar surface area (TPSA) is 56.2 Å². The maximum Gasteiger partial charge on any atom is 0.225 e. The second-order valence-corrected chi connectivity index (χ2v) is 9.81. The number of carbonyl (C=O) groups excluding carboxylic acids is 1. The Morgan fingerprint density at radius 1 is 1.00 bits per heavy atom. The van der Waals surface area contributed by atoms with Crippen molar-refractivity contribution in [3.05, 3.63) is 93.8 Å². The van der Waals surface area contributed by atoms with Crippen molar-refractivity contribution in [1.82, 2.24) is 14.9 Å². The molecule has 0 fully saturated rings. The molecule has 0 radical (unpaired) electrons. The van der Waals surface area contributed by atoms with Gasteiger partial charge in [0.15, 0.2) is 0 Å². The van der Waals surface area contributed by atoms with Crippen LogP contribution in [0.5, 0.6) is 5.75 Å². The first-order valence-corrected chi connectivity index (χ1v) is 12.9. The third kappa shape index (κ3) is 6.08. The van der Waals surface area contributed by atoms with Gasteiger partial charge in [-0.05, 0) is 87.1 Å². The van der Waals surface area contributed by atoms with E-state index >= 15 is 0 Å². The zero-order chi connectivity index (χ0) is 25.7. The number of aryl methyl sites for hydroxylation is 4. The lowest BCUT2D eigenvalue weighted by atomic mass is 10.1. The van der Waals surface area contributed by atoms with Crippen LogP contribution in [0.25, 0.3) is 11.0 Å². The molecule has 1 N–H and O–H groups in total. The third-order valence-corrected chi connectivity index (χ3v) is 7.11. The van der Waals surface area contributed by atoms with Crippen molar-refractivity contribution in [2.45, 2.75) is 59.5 Å². The predicted molar refractivity (Wildman–Crippen MR) is 147 cm³/mol. The maximum atomic E-state index is 12.8. The molecule has 0 aliphatic carbocycles. The molecule has 0 saturated carbocycles. The fourth-order valence-corrected chi connectivity index (χ4v) is 4.66. The normalized spacial score (nSPS) is 12.0. The molecule has 1 heterocycles. The number of aromatic nitrogens is 2. The SMILES string of the molecule is Cc1ccccc1CC(=O)NC(C)c1nc2ccccc2n1CCCCOc1cc(C)c(Cl)c(C)c1. The van der Waals surface area contributed by atoms with Gasteiger partial charge in [0.1, 0.15) is 11.6 Å². The van der Waals surface area contributed by atoms with E-state index in [1.54, 1.807) is 0 Å². The fourth-order valence-electron chi connectivity index (χ4n) is 4.55. The monoisotopic (exact) mass is 503 g/mol. The number of hydrogen-bond acceptors (Lipinski definition) is 3. The zero-order valence-corrected chi connectivity index (χ0v) is 22.2. The molecule has 36 heavy (non-hydrogen) atoms. The number of amides is 1. The lowest BCUT2D eigenvalue weighted by Gasteiger charge is -2.17. The average molecular weight is 504 g/mol. The van der Waals surface area contributed by atoms with E-state index in [-0.39, 0.29) is 11.9 Å². The summed E-state index contributed by atoms with van der Waals surface area (Å²) >= 11 is 6.27. The largest absolute Gasteiger partial charge is 0.494 e. The van der Waals surface area contributed by atoms with Crippen molar-refractivity contribution < 1.29 is 9.53 Å². The van der Waals surface area contributed by atoms with Gasteiger partial charge in [-0.1, -0.05) is 48.0 Å². The lowest BCUT2D eigenvalue weighted by Crippen LogP contribution is -2.30. The van der Waals surface area contributed by atoms with Gasteiger partial charge in [0.25, 0.3) is 0 Å². The lowest BCUT2D eigenvalue weighted by molar-refractivity contribution is -0.121. The molecular weight excluding hydrogens is 470 g/mol. The fraction of sp³-hybridized carbons (Fsp3) is 0.333. The van der Waals surface area contributed by atoms with E-state index in [0.717, 1.165) is 69.3 Å². The Morgan fingerprint density at radius 3 is 2.44 bits per heavy atom. The molecule has 3 aromatic carbocycles. The molecule has 0 aliphatic rings. The van der Waals surface area contributed by atoms with Gasteiger partial charge in [0.05, 0.1) is 30.1 Å². The van der Waals surface area contributed by atoms with E-state index in [2.05, 4.69) is 16.0 Å². The van der Waals surface area contributed by atoms with Crippen LogP contribution < -0.4 is 10.1 Å². The van der Waals surface area contributed by atoms with Gasteiger partial charge in [-0.15, -0.1) is 0 Å². The van der Waals surface area contributed by atoms with E-state index < -0.39 is 0 Å². The van der Waals surface area contributed by atoms with Gasteiger partial charge in [0, 0.05) is 11.6 Å². The predicted octanol–water partition coefficient (Wildman–Crippen LogP) is 6.89. The standard InChI is InChI=1S/C30H34ClN3O2/c1-20-11-5-6-12-24(20)19-28(35)32-23(4)30-33-26-13-7-8-14-27(26)34(30)15-9-10-16-36-25-17-21(2)29(31)22(3)18-25/h5-8,11-14,17-18,23H,9-10,15-16,19H2,1-4H3,(H,32,35). The number of carbonyl (C=O) groups is 1. The molecular formula is C30H34ClN3O2. The molecule has 4 rings (SSSR count). The number of halogens is 1. The highest BCUT2D eigenvalue weighted by atomic mass is 35.5. The number of rotatable bonds is 10. The summed E-state index contributed by atoms with van der Waals surface area (Å²) in [6.45, 7) is 9.46. The van der Waals surface area contributed by atoms with Gasteiger partial charge < -0.3 is 14.6 Å². The average Bonchev–Trinajstić information content (AvgIpc) is 3.22. The van der Waals surface area contributed by atoms with Gasteiger partial charge in [-0.2, -0.15) is 0 Å². The van der Waals surface area contributed by atoms with Gasteiger partial charge in [-0.25, -0.2) is 4.98 Å². The summed E-state index contributed by atoms with van der Waals surface area (Å²) in [5, 5.41) is 3.95. The zero-order valence-electron chi connectivity index (χ0n) is 21.5. The summed E-state index contributed by atoms with van der Waals surface area (Å²) in [5.74, 6) is 1.73. The maximum absolute atomic E-state index is 12.8. The van der Waals surface area contributed by atoms with E-state index in [1.807, 2.05) is 82.3 Å². The second-order valence-electron chi connectivity index (χ2n) is 9.43. The second kappa shape index (κ2) is 11.6. The van der Waals surface area contributed by atoms with Crippen molar-refractivity contribution in [1.29, 1.82) is 0 Å². The minimum atomic E-state index is -0.204. The number of para-hydroxylation sites is 2. The Hall–Kier alpha value is -3.31. The summed E-state index contributed by atoms with van der Waals surface area (Å²) in [6, 6.07) is 19.9.